The van der Waals surface area contributed by atoms with Crippen LogP contribution in [-0.2, 0) is 4.79 Å². The van der Waals surface area contributed by atoms with Crippen molar-refractivity contribution in [3.63, 3.8) is 0 Å². The van der Waals surface area contributed by atoms with Crippen LogP contribution in [0.15, 0.2) is 30.3 Å². The molecule has 0 unspecified atom stereocenters. The molecule has 1 N–H and O–H groups in total. The lowest BCUT2D eigenvalue weighted by Crippen LogP contribution is -2.46. The summed E-state index contributed by atoms with van der Waals surface area (Å²) >= 11 is 0. The Kier molecular flexibility index (Phi) is 6.30. The van der Waals surface area contributed by atoms with Gasteiger partial charge in [0.05, 0.1) is 13.7 Å². The van der Waals surface area contributed by atoms with E-state index in [1.165, 1.54) is 0 Å². The van der Waals surface area contributed by atoms with E-state index < -0.39 is 0 Å². The van der Waals surface area contributed by atoms with Crippen LogP contribution in [0.1, 0.15) is 5.69 Å². The number of anilines is 2. The summed E-state index contributed by atoms with van der Waals surface area (Å²) in [5.74, 6) is 3.07. The van der Waals surface area contributed by atoms with Gasteiger partial charge in [-0.3, -0.25) is 4.79 Å². The van der Waals surface area contributed by atoms with Gasteiger partial charge in [0.15, 0.2) is 0 Å². The van der Waals surface area contributed by atoms with Crippen molar-refractivity contribution >= 4 is 18.2 Å². The van der Waals surface area contributed by atoms with E-state index in [0.29, 0.717) is 32.2 Å². The third kappa shape index (κ3) is 5.22. The van der Waals surface area contributed by atoms with Gasteiger partial charge < -0.3 is 24.6 Å². The molecule has 1 aliphatic rings. The van der Waals surface area contributed by atoms with Crippen LogP contribution in [0, 0.1) is 6.92 Å². The van der Waals surface area contributed by atoms with E-state index in [-0.39, 0.29) is 0 Å². The molecule has 2 heterocycles. The molecule has 1 amide bonds. The number of nitrogens with zero attached hydrogens (tertiary/aromatic N) is 4. The normalized spacial score (nSPS) is 14.0. The van der Waals surface area contributed by atoms with Crippen molar-refractivity contribution in [2.45, 2.75) is 6.92 Å². The standard InChI is InChI=1S/C19H25N5O3/c1-15-13-18(20-7-12-27-17-5-3-16(26-2)4-6-17)22-19(21-15)24-10-8-23(14-25)9-11-24/h3-6,13-14H,7-12H2,1-2H3,(H,20,21,22). The van der Waals surface area contributed by atoms with Crippen LogP contribution in [0.3, 0.4) is 0 Å². The smallest absolute Gasteiger partial charge is 0.227 e. The van der Waals surface area contributed by atoms with E-state index in [1.807, 2.05) is 37.3 Å². The highest BCUT2D eigenvalue weighted by Crippen LogP contribution is 2.17. The van der Waals surface area contributed by atoms with Gasteiger partial charge in [-0.2, -0.15) is 4.98 Å². The number of piperazine rings is 1. The summed E-state index contributed by atoms with van der Waals surface area (Å²) in [6.45, 7) is 5.96. The fourth-order valence-electron chi connectivity index (χ4n) is 2.83. The summed E-state index contributed by atoms with van der Waals surface area (Å²) in [4.78, 5) is 23.8. The van der Waals surface area contributed by atoms with Crippen molar-refractivity contribution < 1.29 is 14.3 Å². The first-order valence-electron chi connectivity index (χ1n) is 8.98. The topological polar surface area (TPSA) is 79.8 Å². The lowest BCUT2D eigenvalue weighted by molar-refractivity contribution is -0.118. The van der Waals surface area contributed by atoms with E-state index in [4.69, 9.17) is 9.47 Å². The molecule has 8 heteroatoms. The van der Waals surface area contributed by atoms with Gasteiger partial charge in [0.2, 0.25) is 12.4 Å². The van der Waals surface area contributed by atoms with Gasteiger partial charge in [-0.1, -0.05) is 0 Å². The van der Waals surface area contributed by atoms with Crippen molar-refractivity contribution in [3.8, 4) is 11.5 Å². The molecule has 0 spiro atoms. The molecule has 1 saturated heterocycles. The third-order valence-electron chi connectivity index (χ3n) is 4.32. The van der Waals surface area contributed by atoms with E-state index in [9.17, 15) is 4.79 Å². The maximum absolute atomic E-state index is 10.8. The van der Waals surface area contributed by atoms with E-state index in [1.54, 1.807) is 12.0 Å². The van der Waals surface area contributed by atoms with Gasteiger partial charge >= 0.3 is 0 Å². The van der Waals surface area contributed by atoms with E-state index >= 15 is 0 Å². The van der Waals surface area contributed by atoms with E-state index in [2.05, 4.69) is 20.2 Å². The van der Waals surface area contributed by atoms with Crippen LogP contribution in [0.25, 0.3) is 0 Å². The molecule has 0 bridgehead atoms. The van der Waals surface area contributed by atoms with Crippen molar-refractivity contribution in [2.24, 2.45) is 0 Å². The molecule has 1 fully saturated rings. The molecule has 1 aromatic carbocycles. The minimum atomic E-state index is 0.517. The second kappa shape index (κ2) is 9.07. The number of hydrogen-bond donors (Lipinski definition) is 1. The van der Waals surface area contributed by atoms with Crippen molar-refractivity contribution in [1.29, 1.82) is 0 Å². The first-order valence-corrected chi connectivity index (χ1v) is 8.98. The van der Waals surface area contributed by atoms with Crippen LogP contribution in [0.4, 0.5) is 11.8 Å². The maximum Gasteiger partial charge on any atom is 0.227 e. The predicted octanol–water partition coefficient (Wildman–Crippen LogP) is 1.56. The highest BCUT2D eigenvalue weighted by molar-refractivity contribution is 5.49. The van der Waals surface area contributed by atoms with Gasteiger partial charge in [-0.05, 0) is 31.2 Å². The third-order valence-corrected chi connectivity index (χ3v) is 4.32. The Bertz CT molecular complexity index is 746. The SMILES string of the molecule is COc1ccc(OCCNc2cc(C)nc(N3CCN(C=O)CC3)n2)cc1. The molecule has 2 aromatic rings. The van der Waals surface area contributed by atoms with Crippen LogP contribution in [-0.4, -0.2) is 67.7 Å². The molecule has 144 valence electrons. The summed E-state index contributed by atoms with van der Waals surface area (Å²) < 4.78 is 10.8. The molecular formula is C19H25N5O3. The number of hydrogen-bond acceptors (Lipinski definition) is 7. The molecule has 3 rings (SSSR count). The number of ether oxygens (including phenoxy) is 2. The van der Waals surface area contributed by atoms with Crippen LogP contribution in [0.5, 0.6) is 11.5 Å². The average Bonchev–Trinajstić information content (AvgIpc) is 2.71. The number of carbonyl (C=O) groups is 1. The number of amides is 1. The largest absolute Gasteiger partial charge is 0.497 e. The van der Waals surface area contributed by atoms with Gasteiger partial charge in [-0.25, -0.2) is 4.98 Å². The summed E-state index contributed by atoms with van der Waals surface area (Å²) in [7, 11) is 1.64. The first kappa shape index (κ1) is 18.8. The fourth-order valence-corrected chi connectivity index (χ4v) is 2.83. The number of rotatable bonds is 8. The van der Waals surface area contributed by atoms with Gasteiger partial charge in [-0.15, -0.1) is 0 Å². The van der Waals surface area contributed by atoms with Crippen molar-refractivity contribution in [3.05, 3.63) is 36.0 Å². The minimum Gasteiger partial charge on any atom is -0.497 e. The zero-order valence-electron chi connectivity index (χ0n) is 15.7. The zero-order valence-corrected chi connectivity index (χ0v) is 15.7. The first-order chi connectivity index (χ1) is 13.2. The summed E-state index contributed by atoms with van der Waals surface area (Å²) in [5, 5.41) is 3.28. The number of aromatic nitrogens is 2. The van der Waals surface area contributed by atoms with E-state index in [0.717, 1.165) is 42.5 Å². The number of aryl methyl sites for hydroxylation is 1. The Morgan fingerprint density at radius 2 is 1.81 bits per heavy atom. The Morgan fingerprint density at radius 1 is 1.11 bits per heavy atom. The summed E-state index contributed by atoms with van der Waals surface area (Å²) in [6.07, 6.45) is 0.893. The van der Waals surface area contributed by atoms with Crippen LogP contribution >= 0.6 is 0 Å². The minimum absolute atomic E-state index is 0.517. The highest BCUT2D eigenvalue weighted by atomic mass is 16.5. The Labute approximate surface area is 159 Å². The Morgan fingerprint density at radius 3 is 2.48 bits per heavy atom. The molecule has 1 aliphatic heterocycles. The molecule has 0 saturated carbocycles. The fraction of sp³-hybridized carbons (Fsp3) is 0.421. The highest BCUT2D eigenvalue weighted by Gasteiger charge is 2.18. The number of nitrogens with one attached hydrogen (secondary N) is 1. The molecular weight excluding hydrogens is 346 g/mol. The molecule has 0 aliphatic carbocycles. The Balaban J connectivity index is 1.51. The quantitative estimate of drug-likeness (QED) is 0.557. The van der Waals surface area contributed by atoms with Crippen LogP contribution < -0.4 is 19.7 Å². The van der Waals surface area contributed by atoms with Gasteiger partial charge in [0.1, 0.15) is 23.9 Å². The van der Waals surface area contributed by atoms with Gasteiger partial charge in [0, 0.05) is 37.9 Å². The van der Waals surface area contributed by atoms with Crippen molar-refractivity contribution in [1.82, 2.24) is 14.9 Å². The average molecular weight is 371 g/mol. The molecule has 0 radical (unpaired) electrons. The molecule has 0 atom stereocenters. The Hall–Kier alpha value is -3.03. The lowest BCUT2D eigenvalue weighted by atomic mass is 10.3. The predicted molar refractivity (Wildman–Crippen MR) is 104 cm³/mol. The molecule has 1 aromatic heterocycles. The lowest BCUT2D eigenvalue weighted by Gasteiger charge is -2.32. The molecule has 27 heavy (non-hydrogen) atoms. The van der Waals surface area contributed by atoms with Crippen LogP contribution in [0.2, 0.25) is 0 Å². The number of methoxy groups -OCH3 is 1. The second-order valence-corrected chi connectivity index (χ2v) is 6.27. The maximum atomic E-state index is 10.8. The van der Waals surface area contributed by atoms with Gasteiger partial charge in [0.25, 0.3) is 0 Å². The van der Waals surface area contributed by atoms with Crippen molar-refractivity contribution in [2.75, 3.05) is 56.7 Å². The monoisotopic (exact) mass is 371 g/mol. The summed E-state index contributed by atoms with van der Waals surface area (Å²) in [5.41, 5.74) is 0.899. The number of benzene rings is 1. The number of carbonyl (C=O) groups excluding carboxylic acids is 1. The molecule has 8 nitrogen and oxygen atoms in total. The zero-order chi connectivity index (χ0) is 19.1. The summed E-state index contributed by atoms with van der Waals surface area (Å²) in [6, 6.07) is 9.41. The second-order valence-electron chi connectivity index (χ2n) is 6.27.